The van der Waals surface area contributed by atoms with Crippen LogP contribution in [-0.2, 0) is 45.3 Å². The molecule has 2 aliphatic carbocycles. The number of esters is 1. The maximum Gasteiger partial charge on any atom is 4.00 e. The van der Waals surface area contributed by atoms with Crippen LogP contribution in [0, 0.1) is 76.0 Å². The van der Waals surface area contributed by atoms with E-state index in [1.165, 1.54) is 35.9 Å². The van der Waals surface area contributed by atoms with Gasteiger partial charge in [-0.15, -0.1) is 0 Å². The van der Waals surface area contributed by atoms with Gasteiger partial charge < -0.3 is 20.2 Å². The van der Waals surface area contributed by atoms with E-state index < -0.39 is 36.0 Å². The predicted octanol–water partition coefficient (Wildman–Crippen LogP) is 6.35. The van der Waals surface area contributed by atoms with Gasteiger partial charge in [0, 0.05) is 5.91 Å². The summed E-state index contributed by atoms with van der Waals surface area (Å²) in [6.45, 7) is 8.48. The fraction of sp³-hybridized carbons (Fsp3) is 0.213. The molecule has 6 nitrogen and oxygen atoms in total. The third-order valence-electron chi connectivity index (χ3n) is 8.95. The summed E-state index contributed by atoms with van der Waals surface area (Å²) in [6.07, 6.45) is 18.8. The zero-order valence-electron chi connectivity index (χ0n) is 32.8. The Balaban J connectivity index is 0.000000305. The second-order valence-electron chi connectivity index (χ2n) is 13.5. The van der Waals surface area contributed by atoms with E-state index >= 15 is 0 Å². The summed E-state index contributed by atoms with van der Waals surface area (Å²) in [4.78, 5) is 34.7. The first-order valence-corrected chi connectivity index (χ1v) is 18.4. The molecule has 2 fully saturated rings. The third kappa shape index (κ3) is 15.0. The molecule has 0 heterocycles. The minimum atomic E-state index is -1.22. The number of amides is 2. The molecular weight excluding hydrogens is 759 g/mol. The summed E-state index contributed by atoms with van der Waals surface area (Å²) < 4.78 is 4.64. The molecule has 0 aromatic heterocycles. The molecule has 2 aliphatic rings. The van der Waals surface area contributed by atoms with Crippen LogP contribution in [0.25, 0.3) is 5.32 Å². The zero-order chi connectivity index (χ0) is 39.2. The van der Waals surface area contributed by atoms with E-state index in [0.717, 1.165) is 0 Å². The Morgan fingerprint density at radius 2 is 0.818 bits per heavy atom. The van der Waals surface area contributed by atoms with Crippen LogP contribution >= 0.6 is 0 Å². The fourth-order valence-electron chi connectivity index (χ4n) is 6.33. The number of nitrogens with zero attached hydrogens (tertiary/aromatic N) is 1. The molecule has 0 spiro atoms. The van der Waals surface area contributed by atoms with Crippen molar-refractivity contribution >= 4 is 45.8 Å². The molecular formula is C47H53BN2O4Zr+2. The summed E-state index contributed by atoms with van der Waals surface area (Å²) in [6, 6.07) is 42.0. The number of ether oxygens (including phenoxy) is 1. The van der Waals surface area contributed by atoms with Crippen molar-refractivity contribution in [1.29, 1.82) is 0 Å². The molecule has 0 saturated heterocycles. The monoisotopic (exact) mass is 810 g/mol. The van der Waals surface area contributed by atoms with Gasteiger partial charge in [0.15, 0.2) is 0 Å². The number of hydrogen-bond acceptors (Lipinski definition) is 4. The number of rotatable bonds is 10. The standard InChI is InChI=1S/C24H20B.C13H24N2O4.2C5H5.Zr/c1-5-13-21(14-6-1)25(22-15-7-2-8-16-22,23-17-9-3-10-18-23)24-19-11-4-12-20-24;1-7(2)10(14-9(5)16)12(17)15-11(8(3)4)13(18)19-6;2*1-2-4-5-3-1;/h1-20H;7-8,10-11H,1-6H3,(H2,14,15,16,17);2*1-5H;/q-1;;;;+4/p-1/t;10-,11-;;;/m.0.../s1. The van der Waals surface area contributed by atoms with Crippen LogP contribution in [0.2, 0.25) is 0 Å². The fourth-order valence-corrected chi connectivity index (χ4v) is 6.33. The van der Waals surface area contributed by atoms with Gasteiger partial charge in [-0.3, -0.25) is 4.79 Å². The maximum atomic E-state index is 12.1. The molecule has 6 rings (SSSR count). The van der Waals surface area contributed by atoms with E-state index in [-0.39, 0.29) is 38.0 Å². The predicted molar refractivity (Wildman–Crippen MR) is 225 cm³/mol. The van der Waals surface area contributed by atoms with Gasteiger partial charge in [-0.25, -0.2) is 4.79 Å². The summed E-state index contributed by atoms with van der Waals surface area (Å²) >= 11 is 0. The quantitative estimate of drug-likeness (QED) is 0.150. The van der Waals surface area contributed by atoms with Crippen molar-refractivity contribution in [3.63, 3.8) is 0 Å². The largest absolute Gasteiger partial charge is 4.00 e. The molecule has 2 atom stereocenters. The van der Waals surface area contributed by atoms with Crippen LogP contribution in [0.4, 0.5) is 0 Å². The van der Waals surface area contributed by atoms with Crippen LogP contribution in [0.3, 0.4) is 0 Å². The van der Waals surface area contributed by atoms with Gasteiger partial charge in [-0.05, 0) is 83.1 Å². The molecule has 0 aliphatic heterocycles. The van der Waals surface area contributed by atoms with E-state index in [1.54, 1.807) is 27.7 Å². The molecule has 280 valence electrons. The van der Waals surface area contributed by atoms with Gasteiger partial charge in [0.1, 0.15) is 12.2 Å². The smallest absolute Gasteiger partial charge is 0.643 e. The van der Waals surface area contributed by atoms with Crippen LogP contribution in [0.15, 0.2) is 121 Å². The normalized spacial score (nSPS) is 14.3. The average Bonchev–Trinajstić information content (AvgIpc) is 3.99. The Morgan fingerprint density at radius 3 is 1.04 bits per heavy atom. The summed E-state index contributed by atoms with van der Waals surface area (Å²) in [5.74, 6) is -1.59. The summed E-state index contributed by atoms with van der Waals surface area (Å²) in [5, 5.41) is 6.37. The SMILES string of the molecule is COC(=O)[C@@H](NC(=O)[C@@H]([N-]C(C)=O)C(C)C)C(C)C.[CH]1[CH][CH][CH][CH]1.[CH]1[CH][CH][CH][CH]1.[Zr+4].c1ccc([B-](c2ccccc2)(c2ccccc2)c2ccccc2)cc1. The number of methoxy groups -OCH3 is 1. The summed E-state index contributed by atoms with van der Waals surface area (Å²) in [5.41, 5.74) is 5.36. The molecule has 1 N–H and O–H groups in total. The third-order valence-corrected chi connectivity index (χ3v) is 8.95. The van der Waals surface area contributed by atoms with E-state index in [4.69, 9.17) is 0 Å². The Labute approximate surface area is 351 Å². The van der Waals surface area contributed by atoms with E-state index in [2.05, 4.69) is 137 Å². The zero-order valence-corrected chi connectivity index (χ0v) is 35.2. The van der Waals surface area contributed by atoms with Crippen LogP contribution in [0.1, 0.15) is 34.6 Å². The van der Waals surface area contributed by atoms with Gasteiger partial charge in [-0.1, -0.05) is 155 Å². The molecule has 10 radical (unpaired) electrons. The first kappa shape index (κ1) is 47.4. The first-order valence-electron chi connectivity index (χ1n) is 18.4. The van der Waals surface area contributed by atoms with E-state index in [0.29, 0.717) is 0 Å². The molecule has 4 aromatic rings. The molecule has 4 aromatic carbocycles. The molecule has 2 amide bonds. The second-order valence-corrected chi connectivity index (χ2v) is 13.5. The van der Waals surface area contributed by atoms with Crippen molar-refractivity contribution in [2.45, 2.75) is 46.7 Å². The molecule has 55 heavy (non-hydrogen) atoms. The van der Waals surface area contributed by atoms with Crippen molar-refractivity contribution < 1.29 is 45.3 Å². The van der Waals surface area contributed by atoms with Crippen LogP contribution in [0.5, 0.6) is 0 Å². The number of carbonyl (C=O) groups excluding carboxylic acids is 3. The van der Waals surface area contributed by atoms with Crippen molar-refractivity contribution in [2.75, 3.05) is 7.11 Å². The number of carbonyl (C=O) groups is 3. The van der Waals surface area contributed by atoms with Crippen molar-refractivity contribution in [2.24, 2.45) is 11.8 Å². The van der Waals surface area contributed by atoms with Crippen LogP contribution in [-0.4, -0.2) is 43.1 Å². The van der Waals surface area contributed by atoms with Gasteiger partial charge in [-0.2, -0.15) is 21.9 Å². The second kappa shape index (κ2) is 26.2. The van der Waals surface area contributed by atoms with E-state index in [9.17, 15) is 14.4 Å². The van der Waals surface area contributed by atoms with Crippen LogP contribution < -0.4 is 27.2 Å². The number of benzene rings is 4. The average molecular weight is 812 g/mol. The Kier molecular flexibility index (Phi) is 22.5. The van der Waals surface area contributed by atoms with Crippen molar-refractivity contribution in [3.05, 3.63) is 191 Å². The van der Waals surface area contributed by atoms with Gasteiger partial charge in [0.05, 0.1) is 7.11 Å². The number of hydrogen-bond donors (Lipinski definition) is 1. The molecule has 0 unspecified atom stereocenters. The Morgan fingerprint density at radius 1 is 0.527 bits per heavy atom. The van der Waals surface area contributed by atoms with Gasteiger partial charge in [0.25, 0.3) is 0 Å². The number of nitrogens with one attached hydrogen (secondary N) is 1. The van der Waals surface area contributed by atoms with Crippen molar-refractivity contribution in [3.8, 4) is 0 Å². The molecule has 8 heteroatoms. The molecule has 0 bridgehead atoms. The molecule has 2 saturated carbocycles. The maximum absolute atomic E-state index is 12.1. The Bertz CT molecular complexity index is 1440. The summed E-state index contributed by atoms with van der Waals surface area (Å²) in [7, 11) is 1.27. The van der Waals surface area contributed by atoms with Crippen molar-refractivity contribution in [1.82, 2.24) is 5.32 Å². The first-order chi connectivity index (χ1) is 26.1. The Hall–Kier alpha value is -3.76. The topological polar surface area (TPSA) is 86.6 Å². The van der Waals surface area contributed by atoms with Gasteiger partial charge in [0.2, 0.25) is 5.91 Å². The van der Waals surface area contributed by atoms with E-state index in [1.807, 2.05) is 64.2 Å². The minimum Gasteiger partial charge on any atom is -0.643 e. The minimum absolute atomic E-state index is 0. The van der Waals surface area contributed by atoms with Gasteiger partial charge >= 0.3 is 32.2 Å².